The Hall–Kier alpha value is -2.05. The highest BCUT2D eigenvalue weighted by molar-refractivity contribution is 6.00. The summed E-state index contributed by atoms with van der Waals surface area (Å²) in [7, 11) is 1.17. The van der Waals surface area contributed by atoms with Crippen LogP contribution in [0.25, 0.3) is 0 Å². The highest BCUT2D eigenvalue weighted by atomic mass is 19.4. The predicted molar refractivity (Wildman–Crippen MR) is 68.2 cm³/mol. The van der Waals surface area contributed by atoms with Gasteiger partial charge in [0.2, 0.25) is 0 Å². The normalized spacial score (nSPS) is 11.1. The largest absolute Gasteiger partial charge is 0.493 e. The van der Waals surface area contributed by atoms with Gasteiger partial charge in [-0.3, -0.25) is 9.59 Å². The third-order valence-corrected chi connectivity index (χ3v) is 2.69. The molecule has 116 valence electrons. The lowest BCUT2D eigenvalue weighted by Gasteiger charge is -2.13. The second-order valence-electron chi connectivity index (χ2n) is 4.14. The van der Waals surface area contributed by atoms with Crippen molar-refractivity contribution in [3.63, 3.8) is 0 Å². The zero-order valence-corrected chi connectivity index (χ0v) is 11.6. The number of methoxy groups -OCH3 is 1. The van der Waals surface area contributed by atoms with Gasteiger partial charge in [-0.25, -0.2) is 0 Å². The Morgan fingerprint density at radius 1 is 1.19 bits per heavy atom. The molecule has 0 aliphatic rings. The Kier molecular flexibility index (Phi) is 5.75. The summed E-state index contributed by atoms with van der Waals surface area (Å²) in [4.78, 5) is 23.0. The van der Waals surface area contributed by atoms with Gasteiger partial charge in [-0.2, -0.15) is 13.2 Å². The van der Waals surface area contributed by atoms with Crippen LogP contribution in [0, 0.1) is 0 Å². The van der Waals surface area contributed by atoms with Crippen molar-refractivity contribution < 1.29 is 32.2 Å². The third kappa shape index (κ3) is 4.77. The molecule has 0 aliphatic heterocycles. The van der Waals surface area contributed by atoms with Crippen molar-refractivity contribution in [2.45, 2.75) is 25.9 Å². The van der Waals surface area contributed by atoms with Crippen molar-refractivity contribution in [1.82, 2.24) is 0 Å². The first-order chi connectivity index (χ1) is 9.79. The molecular formula is C14H15F3O4. The molecule has 4 nitrogen and oxygen atoms in total. The van der Waals surface area contributed by atoms with E-state index in [1.54, 1.807) is 6.92 Å². The van der Waals surface area contributed by atoms with Crippen LogP contribution in [0.15, 0.2) is 18.2 Å². The number of Topliss-reactive ketones (excluding diaryl/α,β-unsaturated/α-hetero) is 1. The summed E-state index contributed by atoms with van der Waals surface area (Å²) in [5.41, 5.74) is -1.12. The summed E-state index contributed by atoms with van der Waals surface area (Å²) in [5, 5.41) is 0. The fourth-order valence-electron chi connectivity index (χ4n) is 1.66. The van der Waals surface area contributed by atoms with Crippen LogP contribution >= 0.6 is 0 Å². The minimum atomic E-state index is -4.55. The van der Waals surface area contributed by atoms with E-state index in [-0.39, 0.29) is 30.8 Å². The molecule has 1 aromatic carbocycles. The van der Waals surface area contributed by atoms with Crippen LogP contribution in [0.4, 0.5) is 13.2 Å². The van der Waals surface area contributed by atoms with Gasteiger partial charge in [-0.1, -0.05) is 0 Å². The molecule has 0 bridgehead atoms. The lowest BCUT2D eigenvalue weighted by atomic mass is 10.0. The molecule has 0 N–H and O–H groups in total. The second kappa shape index (κ2) is 7.10. The molecule has 0 saturated heterocycles. The van der Waals surface area contributed by atoms with Crippen molar-refractivity contribution in [2.75, 3.05) is 13.7 Å². The molecule has 0 heterocycles. The maximum Gasteiger partial charge on any atom is 0.416 e. The van der Waals surface area contributed by atoms with Gasteiger partial charge in [0.25, 0.3) is 0 Å². The van der Waals surface area contributed by atoms with Crippen LogP contribution in [0.3, 0.4) is 0 Å². The fraction of sp³-hybridized carbons (Fsp3) is 0.429. The molecule has 0 amide bonds. The van der Waals surface area contributed by atoms with E-state index in [9.17, 15) is 22.8 Å². The predicted octanol–water partition coefficient (Wildman–Crippen LogP) is 3.24. The van der Waals surface area contributed by atoms with Gasteiger partial charge in [-0.15, -0.1) is 0 Å². The molecule has 0 aromatic heterocycles. The molecule has 0 fully saturated rings. The average Bonchev–Trinajstić information content (AvgIpc) is 2.43. The number of benzene rings is 1. The minimum Gasteiger partial charge on any atom is -0.493 e. The highest BCUT2D eigenvalue weighted by Crippen LogP contribution is 2.33. The molecular weight excluding hydrogens is 289 g/mol. The zero-order valence-electron chi connectivity index (χ0n) is 11.6. The zero-order chi connectivity index (χ0) is 16.0. The van der Waals surface area contributed by atoms with Crippen molar-refractivity contribution >= 4 is 11.8 Å². The summed E-state index contributed by atoms with van der Waals surface area (Å²) in [6, 6.07) is 2.70. The molecule has 0 unspecified atom stereocenters. The van der Waals surface area contributed by atoms with Crippen LogP contribution in [0.1, 0.15) is 35.7 Å². The number of carbonyl (C=O) groups is 2. The number of halogens is 3. The first kappa shape index (κ1) is 17.0. The van der Waals surface area contributed by atoms with Crippen LogP contribution in [0.5, 0.6) is 5.75 Å². The van der Waals surface area contributed by atoms with E-state index in [1.165, 1.54) is 7.11 Å². The van der Waals surface area contributed by atoms with Crippen LogP contribution in [0.2, 0.25) is 0 Å². The van der Waals surface area contributed by atoms with Gasteiger partial charge in [0.1, 0.15) is 5.75 Å². The maximum absolute atomic E-state index is 12.7. The number of alkyl halides is 3. The smallest absolute Gasteiger partial charge is 0.416 e. The number of ketones is 1. The molecule has 7 heteroatoms. The summed E-state index contributed by atoms with van der Waals surface area (Å²) in [6.07, 6.45) is -4.99. The molecule has 0 radical (unpaired) electrons. The number of hydrogen-bond donors (Lipinski definition) is 0. The third-order valence-electron chi connectivity index (χ3n) is 2.69. The van der Waals surface area contributed by atoms with Crippen LogP contribution < -0.4 is 4.74 Å². The monoisotopic (exact) mass is 304 g/mol. The Labute approximate surface area is 119 Å². The van der Waals surface area contributed by atoms with Crippen molar-refractivity contribution in [3.8, 4) is 5.75 Å². The van der Waals surface area contributed by atoms with Gasteiger partial charge >= 0.3 is 12.1 Å². The topological polar surface area (TPSA) is 52.6 Å². The van der Waals surface area contributed by atoms with E-state index in [0.717, 1.165) is 18.2 Å². The number of carbonyl (C=O) groups excluding carboxylic acids is 2. The van der Waals surface area contributed by atoms with Crippen molar-refractivity contribution in [2.24, 2.45) is 0 Å². The van der Waals surface area contributed by atoms with E-state index >= 15 is 0 Å². The molecule has 0 spiro atoms. The van der Waals surface area contributed by atoms with E-state index in [1.807, 2.05) is 0 Å². The Morgan fingerprint density at radius 3 is 2.38 bits per heavy atom. The molecule has 21 heavy (non-hydrogen) atoms. The fourth-order valence-corrected chi connectivity index (χ4v) is 1.66. The number of ether oxygens (including phenoxy) is 2. The average molecular weight is 304 g/mol. The summed E-state index contributed by atoms with van der Waals surface area (Å²) in [6.45, 7) is 1.86. The van der Waals surface area contributed by atoms with Gasteiger partial charge in [-0.05, 0) is 25.1 Å². The van der Waals surface area contributed by atoms with Gasteiger partial charge in [0.05, 0.1) is 31.3 Å². The highest BCUT2D eigenvalue weighted by Gasteiger charge is 2.32. The van der Waals surface area contributed by atoms with E-state index < -0.39 is 23.5 Å². The first-order valence-corrected chi connectivity index (χ1v) is 6.23. The standard InChI is InChI=1S/C14H15F3O4/c1-3-21-12-6-4-9(14(15,16)17)8-10(12)11(18)5-7-13(19)20-2/h4,6,8H,3,5,7H2,1-2H3. The van der Waals surface area contributed by atoms with Gasteiger partial charge in [0, 0.05) is 6.42 Å². The second-order valence-corrected chi connectivity index (χ2v) is 4.14. The number of rotatable bonds is 6. The number of esters is 1. The Balaban J connectivity index is 3.05. The first-order valence-electron chi connectivity index (χ1n) is 6.23. The van der Waals surface area contributed by atoms with E-state index in [0.29, 0.717) is 0 Å². The van der Waals surface area contributed by atoms with Crippen LogP contribution in [-0.2, 0) is 15.7 Å². The Morgan fingerprint density at radius 2 is 1.86 bits per heavy atom. The lowest BCUT2D eigenvalue weighted by Crippen LogP contribution is -2.11. The SMILES string of the molecule is CCOc1ccc(C(F)(F)F)cc1C(=O)CCC(=O)OC. The maximum atomic E-state index is 12.7. The number of hydrogen-bond acceptors (Lipinski definition) is 4. The van der Waals surface area contributed by atoms with Gasteiger partial charge < -0.3 is 9.47 Å². The summed E-state index contributed by atoms with van der Waals surface area (Å²) in [5.74, 6) is -1.14. The van der Waals surface area contributed by atoms with Crippen molar-refractivity contribution in [3.05, 3.63) is 29.3 Å². The Bertz CT molecular complexity index is 523. The van der Waals surface area contributed by atoms with Crippen LogP contribution in [-0.4, -0.2) is 25.5 Å². The summed E-state index contributed by atoms with van der Waals surface area (Å²) < 4.78 is 47.6. The van der Waals surface area contributed by atoms with E-state index in [4.69, 9.17) is 4.74 Å². The molecule has 0 saturated carbocycles. The van der Waals surface area contributed by atoms with Gasteiger partial charge in [0.15, 0.2) is 5.78 Å². The summed E-state index contributed by atoms with van der Waals surface area (Å²) >= 11 is 0. The lowest BCUT2D eigenvalue weighted by molar-refractivity contribution is -0.140. The molecule has 0 aliphatic carbocycles. The minimum absolute atomic E-state index is 0.0698. The molecule has 0 atom stereocenters. The van der Waals surface area contributed by atoms with Crippen molar-refractivity contribution in [1.29, 1.82) is 0 Å². The quantitative estimate of drug-likeness (QED) is 0.598. The molecule has 1 aromatic rings. The van der Waals surface area contributed by atoms with E-state index in [2.05, 4.69) is 4.74 Å². The molecule has 1 rings (SSSR count).